The van der Waals surface area contributed by atoms with Gasteiger partial charge in [0.15, 0.2) is 5.16 Å². The van der Waals surface area contributed by atoms with Gasteiger partial charge in [0.25, 0.3) is 0 Å². The van der Waals surface area contributed by atoms with Crippen LogP contribution in [0.4, 0.5) is 10.3 Å². The fraction of sp³-hybridized carbons (Fsp3) is 0.556. The van der Waals surface area contributed by atoms with Gasteiger partial charge in [-0.1, -0.05) is 33.8 Å². The Balaban J connectivity index is 1.53. The van der Waals surface area contributed by atoms with E-state index < -0.39 is 0 Å². The first-order valence-corrected chi connectivity index (χ1v) is 10.9. The number of benzene rings is 1. The molecule has 0 amide bonds. The third-order valence-electron chi connectivity index (χ3n) is 4.77. The maximum absolute atomic E-state index is 13.3. The largest absolute Gasteiger partial charge is 0.378 e. The molecule has 0 saturated carbocycles. The first kappa shape index (κ1) is 19.2. The number of ether oxygens (including phenoxy) is 2. The van der Waals surface area contributed by atoms with Crippen molar-refractivity contribution in [3.05, 3.63) is 34.1 Å². The van der Waals surface area contributed by atoms with E-state index >= 15 is 0 Å². The molecule has 6 nitrogen and oxygen atoms in total. The summed E-state index contributed by atoms with van der Waals surface area (Å²) in [4.78, 5) is 2.23. The van der Waals surface area contributed by atoms with Crippen molar-refractivity contribution in [3.63, 3.8) is 0 Å². The molecule has 0 N–H and O–H groups in total. The number of aromatic nitrogens is 3. The lowest BCUT2D eigenvalue weighted by Gasteiger charge is -2.28. The van der Waals surface area contributed by atoms with Gasteiger partial charge in [0, 0.05) is 29.9 Å². The number of hydrogen-bond acceptors (Lipinski definition) is 6. The van der Waals surface area contributed by atoms with Crippen LogP contribution in [0.15, 0.2) is 27.8 Å². The quantitative estimate of drug-likeness (QED) is 0.620. The summed E-state index contributed by atoms with van der Waals surface area (Å²) in [5.41, 5.74) is 1.03. The van der Waals surface area contributed by atoms with Gasteiger partial charge in [-0.05, 0) is 30.5 Å². The highest BCUT2D eigenvalue weighted by Gasteiger charge is 2.25. The molecule has 9 heteroatoms. The minimum atomic E-state index is -0.244. The molecule has 4 rings (SSSR count). The van der Waals surface area contributed by atoms with Crippen LogP contribution in [0.2, 0.25) is 0 Å². The van der Waals surface area contributed by atoms with Crippen LogP contribution in [0, 0.1) is 5.82 Å². The summed E-state index contributed by atoms with van der Waals surface area (Å²) in [6, 6.07) is 4.78. The Bertz CT molecular complexity index is 779. The van der Waals surface area contributed by atoms with Gasteiger partial charge in [0.1, 0.15) is 5.82 Å². The van der Waals surface area contributed by atoms with Gasteiger partial charge in [-0.25, -0.2) is 4.39 Å². The smallest absolute Gasteiger partial charge is 0.228 e. The zero-order valence-electron chi connectivity index (χ0n) is 14.9. The molecule has 2 saturated heterocycles. The Morgan fingerprint density at radius 2 is 2.07 bits per heavy atom. The first-order chi connectivity index (χ1) is 13.2. The SMILES string of the molecule is Fc1ccc(CSc2nnc(N3CCOCC3)n2CC2CCCO2)c(Br)c1. The van der Waals surface area contributed by atoms with E-state index in [2.05, 4.69) is 35.6 Å². The van der Waals surface area contributed by atoms with Crippen LogP contribution in [0.5, 0.6) is 0 Å². The second-order valence-corrected chi connectivity index (χ2v) is 8.45. The molecule has 0 aliphatic carbocycles. The van der Waals surface area contributed by atoms with E-state index in [9.17, 15) is 4.39 Å². The van der Waals surface area contributed by atoms with Crippen molar-refractivity contribution in [2.75, 3.05) is 37.8 Å². The summed E-state index contributed by atoms with van der Waals surface area (Å²) in [5, 5.41) is 9.77. The maximum atomic E-state index is 13.3. The maximum Gasteiger partial charge on any atom is 0.228 e. The Hall–Kier alpha value is -1.16. The molecule has 0 spiro atoms. The molecule has 0 bridgehead atoms. The minimum Gasteiger partial charge on any atom is -0.378 e. The van der Waals surface area contributed by atoms with Crippen LogP contribution in [0.3, 0.4) is 0 Å². The molecule has 2 fully saturated rings. The van der Waals surface area contributed by atoms with Gasteiger partial charge in [-0.2, -0.15) is 0 Å². The van der Waals surface area contributed by atoms with Gasteiger partial charge in [0.05, 0.1) is 25.9 Å². The lowest BCUT2D eigenvalue weighted by atomic mass is 10.2. The molecule has 1 aromatic heterocycles. The van der Waals surface area contributed by atoms with Crippen molar-refractivity contribution in [2.45, 2.75) is 36.4 Å². The lowest BCUT2D eigenvalue weighted by Crippen LogP contribution is -2.38. The minimum absolute atomic E-state index is 0.206. The second kappa shape index (κ2) is 8.89. The van der Waals surface area contributed by atoms with E-state index in [0.29, 0.717) is 19.0 Å². The highest BCUT2D eigenvalue weighted by Crippen LogP contribution is 2.30. The Morgan fingerprint density at radius 1 is 1.22 bits per heavy atom. The van der Waals surface area contributed by atoms with Gasteiger partial charge < -0.3 is 14.4 Å². The third kappa shape index (κ3) is 4.64. The fourth-order valence-corrected chi connectivity index (χ4v) is 4.94. The monoisotopic (exact) mass is 456 g/mol. The second-order valence-electron chi connectivity index (χ2n) is 6.65. The summed E-state index contributed by atoms with van der Waals surface area (Å²) < 4.78 is 27.6. The lowest BCUT2D eigenvalue weighted by molar-refractivity contribution is 0.0942. The van der Waals surface area contributed by atoms with Crippen LogP contribution in [0.1, 0.15) is 18.4 Å². The number of morpholine rings is 1. The van der Waals surface area contributed by atoms with Crippen LogP contribution < -0.4 is 4.90 Å². The number of halogens is 2. The summed E-state index contributed by atoms with van der Waals surface area (Å²) in [6.07, 6.45) is 2.37. The van der Waals surface area contributed by atoms with Gasteiger partial charge in [-0.15, -0.1) is 10.2 Å². The summed E-state index contributed by atoms with van der Waals surface area (Å²) >= 11 is 5.05. The molecular formula is C18H22BrFN4O2S. The van der Waals surface area contributed by atoms with Crippen LogP contribution in [-0.4, -0.2) is 53.8 Å². The van der Waals surface area contributed by atoms with E-state index in [4.69, 9.17) is 9.47 Å². The van der Waals surface area contributed by atoms with Crippen molar-refractivity contribution < 1.29 is 13.9 Å². The molecule has 27 heavy (non-hydrogen) atoms. The van der Waals surface area contributed by atoms with Crippen molar-refractivity contribution in [1.82, 2.24) is 14.8 Å². The average Bonchev–Trinajstić information content (AvgIpc) is 3.32. The van der Waals surface area contributed by atoms with Crippen molar-refractivity contribution in [1.29, 1.82) is 0 Å². The highest BCUT2D eigenvalue weighted by atomic mass is 79.9. The Kier molecular flexibility index (Phi) is 6.31. The van der Waals surface area contributed by atoms with Crippen molar-refractivity contribution in [2.24, 2.45) is 0 Å². The molecular weight excluding hydrogens is 435 g/mol. The van der Waals surface area contributed by atoms with E-state index in [1.807, 2.05) is 0 Å². The predicted octanol–water partition coefficient (Wildman–Crippen LogP) is 3.49. The molecule has 1 atom stereocenters. The van der Waals surface area contributed by atoms with Crippen LogP contribution in [-0.2, 0) is 21.8 Å². The molecule has 146 valence electrons. The normalized spacial score (nSPS) is 20.4. The molecule has 2 aliphatic rings. The van der Waals surface area contributed by atoms with Crippen LogP contribution >= 0.6 is 27.7 Å². The summed E-state index contributed by atoms with van der Waals surface area (Å²) in [5.74, 6) is 1.33. The number of nitrogens with zero attached hydrogens (tertiary/aromatic N) is 4. The van der Waals surface area contributed by atoms with Gasteiger partial charge in [-0.3, -0.25) is 4.57 Å². The van der Waals surface area contributed by atoms with E-state index in [-0.39, 0.29) is 11.9 Å². The average molecular weight is 457 g/mol. The van der Waals surface area contributed by atoms with Crippen molar-refractivity contribution in [3.8, 4) is 0 Å². The molecule has 2 aromatic rings. The highest BCUT2D eigenvalue weighted by molar-refractivity contribution is 9.10. The van der Waals surface area contributed by atoms with Crippen LogP contribution in [0.25, 0.3) is 0 Å². The van der Waals surface area contributed by atoms with E-state index in [1.165, 1.54) is 12.1 Å². The molecule has 1 aromatic carbocycles. The molecule has 2 aliphatic heterocycles. The van der Waals surface area contributed by atoms with E-state index in [1.54, 1.807) is 17.8 Å². The zero-order valence-corrected chi connectivity index (χ0v) is 17.3. The molecule has 0 radical (unpaired) electrons. The molecule has 3 heterocycles. The zero-order chi connectivity index (χ0) is 18.6. The first-order valence-electron chi connectivity index (χ1n) is 9.15. The summed E-state index contributed by atoms with van der Waals surface area (Å²) in [6.45, 7) is 4.63. The topological polar surface area (TPSA) is 52.4 Å². The predicted molar refractivity (Wildman–Crippen MR) is 106 cm³/mol. The number of hydrogen-bond donors (Lipinski definition) is 0. The fourth-order valence-electron chi connectivity index (χ4n) is 3.32. The Labute approximate surface area is 170 Å². The van der Waals surface area contributed by atoms with Crippen molar-refractivity contribution >= 4 is 33.6 Å². The molecule has 1 unspecified atom stereocenters. The number of thioether (sulfide) groups is 1. The number of anilines is 1. The summed E-state index contributed by atoms with van der Waals surface area (Å²) in [7, 11) is 0. The standard InChI is InChI=1S/C18H22BrFN4O2S/c19-16-10-14(20)4-3-13(16)12-27-18-22-21-17(23-5-8-25-9-6-23)24(18)11-15-2-1-7-26-15/h3-4,10,15H,1-2,5-9,11-12H2. The Morgan fingerprint density at radius 3 is 2.81 bits per heavy atom. The van der Waals surface area contributed by atoms with Gasteiger partial charge in [0.2, 0.25) is 5.95 Å². The third-order valence-corrected chi connectivity index (χ3v) is 6.53. The van der Waals surface area contributed by atoms with E-state index in [0.717, 1.165) is 60.2 Å². The number of rotatable bonds is 6. The van der Waals surface area contributed by atoms with Gasteiger partial charge >= 0.3 is 0 Å².